The number of carbonyl (C=O) groups is 1. The van der Waals surface area contributed by atoms with Crippen molar-refractivity contribution in [2.75, 3.05) is 31.1 Å². The number of hydrogen-bond acceptors (Lipinski definition) is 7. The molecule has 8 heteroatoms. The van der Waals surface area contributed by atoms with Gasteiger partial charge in [0.1, 0.15) is 17.1 Å². The first-order chi connectivity index (χ1) is 16.7. The van der Waals surface area contributed by atoms with Crippen LogP contribution < -0.4 is 9.64 Å². The molecule has 0 aliphatic carbocycles. The average Bonchev–Trinajstić information content (AvgIpc) is 2.89. The molecule has 0 bridgehead atoms. The summed E-state index contributed by atoms with van der Waals surface area (Å²) in [5.74, 6) is 1.88. The van der Waals surface area contributed by atoms with Gasteiger partial charge in [-0.15, -0.1) is 0 Å². The fraction of sp³-hybridized carbons (Fsp3) is 0.423. The van der Waals surface area contributed by atoms with Crippen LogP contribution in [0.2, 0.25) is 0 Å². The molecule has 0 N–H and O–H groups in total. The lowest BCUT2D eigenvalue weighted by atomic mass is 9.94. The predicted molar refractivity (Wildman–Crippen MR) is 129 cm³/mol. The summed E-state index contributed by atoms with van der Waals surface area (Å²) < 4.78 is 6.04. The number of para-hydroxylation sites is 1. The van der Waals surface area contributed by atoms with E-state index in [0.717, 1.165) is 55.9 Å². The summed E-state index contributed by atoms with van der Waals surface area (Å²) in [5.41, 5.74) is 2.07. The first-order valence-corrected chi connectivity index (χ1v) is 12.1. The molecule has 8 nitrogen and oxygen atoms in total. The molecule has 2 aliphatic heterocycles. The van der Waals surface area contributed by atoms with Crippen LogP contribution in [0.4, 0.5) is 5.95 Å². The van der Waals surface area contributed by atoms with Gasteiger partial charge >= 0.3 is 0 Å². The quantitative estimate of drug-likeness (QED) is 0.561. The van der Waals surface area contributed by atoms with Crippen molar-refractivity contribution in [2.24, 2.45) is 0 Å². The maximum Gasteiger partial charge on any atom is 0.272 e. The van der Waals surface area contributed by atoms with Gasteiger partial charge in [-0.1, -0.05) is 18.2 Å². The Morgan fingerprint density at radius 3 is 2.59 bits per heavy atom. The summed E-state index contributed by atoms with van der Waals surface area (Å²) in [6, 6.07) is 11.4. The van der Waals surface area contributed by atoms with Crippen molar-refractivity contribution < 1.29 is 9.53 Å². The van der Waals surface area contributed by atoms with Gasteiger partial charge in [-0.25, -0.2) is 15.0 Å². The first kappa shape index (κ1) is 22.3. The number of rotatable bonds is 5. The second-order valence-electron chi connectivity index (χ2n) is 8.99. The van der Waals surface area contributed by atoms with Crippen molar-refractivity contribution in [1.82, 2.24) is 24.8 Å². The number of carbonyl (C=O) groups excluding carboxylic acids is 1. The number of hydrogen-bond donors (Lipinski definition) is 0. The molecule has 3 aromatic rings. The highest BCUT2D eigenvalue weighted by Gasteiger charge is 2.30. The molecular weight excluding hydrogens is 428 g/mol. The van der Waals surface area contributed by atoms with Crippen LogP contribution in [0.5, 0.6) is 11.6 Å². The Balaban J connectivity index is 1.34. The molecule has 0 unspecified atom stereocenters. The largest absolute Gasteiger partial charge is 0.437 e. The van der Waals surface area contributed by atoms with Crippen LogP contribution in [0.1, 0.15) is 59.9 Å². The van der Waals surface area contributed by atoms with Gasteiger partial charge in [-0.3, -0.25) is 9.78 Å². The number of nitrogens with zero attached hydrogens (tertiary/aromatic N) is 6. The topological polar surface area (TPSA) is 84.3 Å². The summed E-state index contributed by atoms with van der Waals surface area (Å²) in [4.78, 5) is 35.9. The standard InChI is InChI=1S/C26H30N6O2/c1-19-17-22(30-26(29-19)31-14-6-3-7-15-31)25(33)32-16-8-9-20(18-32)23-24(28-13-12-27-23)34-21-10-4-2-5-11-21/h2,4-5,10-13,17,20H,3,6-9,14-16,18H2,1H3/t20-/m0/s1. The highest BCUT2D eigenvalue weighted by molar-refractivity contribution is 5.92. The molecule has 2 fully saturated rings. The Kier molecular flexibility index (Phi) is 6.65. The van der Waals surface area contributed by atoms with Gasteiger partial charge in [-0.05, 0) is 57.2 Å². The van der Waals surface area contributed by atoms with Gasteiger partial charge < -0.3 is 14.5 Å². The molecule has 1 amide bonds. The predicted octanol–water partition coefficient (Wildman–Crippen LogP) is 4.38. The number of aromatic nitrogens is 4. The Hall–Kier alpha value is -3.55. The third kappa shape index (κ3) is 5.00. The third-order valence-corrected chi connectivity index (χ3v) is 6.44. The van der Waals surface area contributed by atoms with Crippen LogP contribution in [0.15, 0.2) is 48.8 Å². The second-order valence-corrected chi connectivity index (χ2v) is 8.99. The minimum absolute atomic E-state index is 0.0506. The monoisotopic (exact) mass is 458 g/mol. The lowest BCUT2D eigenvalue weighted by molar-refractivity contribution is 0.0698. The number of likely N-dealkylation sites (tertiary alicyclic amines) is 1. The van der Waals surface area contributed by atoms with E-state index >= 15 is 0 Å². The van der Waals surface area contributed by atoms with E-state index in [2.05, 4.69) is 24.8 Å². The van der Waals surface area contributed by atoms with Gasteiger partial charge in [0, 0.05) is 50.2 Å². The van der Waals surface area contributed by atoms with Crippen molar-refractivity contribution in [3.05, 3.63) is 65.9 Å². The number of ether oxygens (including phenoxy) is 1. The summed E-state index contributed by atoms with van der Waals surface area (Å²) in [6.45, 7) is 5.08. The zero-order chi connectivity index (χ0) is 23.3. The van der Waals surface area contributed by atoms with Crippen molar-refractivity contribution in [3.8, 4) is 11.6 Å². The average molecular weight is 459 g/mol. The molecule has 1 aromatic carbocycles. The van der Waals surface area contributed by atoms with E-state index in [1.54, 1.807) is 18.5 Å². The van der Waals surface area contributed by atoms with Gasteiger partial charge in [0.25, 0.3) is 5.91 Å². The Bertz CT molecular complexity index is 1130. The zero-order valence-corrected chi connectivity index (χ0v) is 19.6. The van der Waals surface area contributed by atoms with Crippen LogP contribution in [0.3, 0.4) is 0 Å². The molecular formula is C26H30N6O2. The molecule has 1 atom stereocenters. The van der Waals surface area contributed by atoms with E-state index < -0.39 is 0 Å². The Morgan fingerprint density at radius 1 is 0.971 bits per heavy atom. The minimum Gasteiger partial charge on any atom is -0.437 e. The van der Waals surface area contributed by atoms with Crippen LogP contribution >= 0.6 is 0 Å². The molecule has 0 spiro atoms. The number of aryl methyl sites for hydroxylation is 1. The SMILES string of the molecule is Cc1cc(C(=O)N2CCC[C@H](c3nccnc3Oc3ccccc3)C2)nc(N2CCCCC2)n1. The van der Waals surface area contributed by atoms with E-state index in [4.69, 9.17) is 4.74 Å². The maximum absolute atomic E-state index is 13.5. The number of piperidine rings is 2. The Morgan fingerprint density at radius 2 is 1.76 bits per heavy atom. The van der Waals surface area contributed by atoms with Crippen molar-refractivity contribution in [2.45, 2.75) is 44.9 Å². The number of anilines is 1. The third-order valence-electron chi connectivity index (χ3n) is 6.44. The van der Waals surface area contributed by atoms with Gasteiger partial charge in [0.2, 0.25) is 11.8 Å². The summed E-state index contributed by atoms with van der Waals surface area (Å²) in [5, 5.41) is 0. The van der Waals surface area contributed by atoms with Gasteiger partial charge in [-0.2, -0.15) is 0 Å². The molecule has 2 aliphatic rings. The first-order valence-electron chi connectivity index (χ1n) is 12.1. The number of amides is 1. The van der Waals surface area contributed by atoms with E-state index in [0.29, 0.717) is 30.6 Å². The highest BCUT2D eigenvalue weighted by atomic mass is 16.5. The molecule has 2 saturated heterocycles. The van der Waals surface area contributed by atoms with Crippen LogP contribution in [-0.4, -0.2) is 56.9 Å². The molecule has 5 rings (SSSR count). The van der Waals surface area contributed by atoms with Crippen molar-refractivity contribution in [3.63, 3.8) is 0 Å². The van der Waals surface area contributed by atoms with E-state index in [1.165, 1.54) is 6.42 Å². The fourth-order valence-electron chi connectivity index (χ4n) is 4.74. The van der Waals surface area contributed by atoms with E-state index in [1.807, 2.05) is 42.2 Å². The lowest BCUT2D eigenvalue weighted by Gasteiger charge is -2.33. The summed E-state index contributed by atoms with van der Waals surface area (Å²) in [7, 11) is 0. The Labute approximate surface area is 200 Å². The molecule has 34 heavy (non-hydrogen) atoms. The van der Waals surface area contributed by atoms with Crippen molar-refractivity contribution in [1.29, 1.82) is 0 Å². The lowest BCUT2D eigenvalue weighted by Crippen LogP contribution is -2.40. The normalized spacial score (nSPS) is 18.6. The molecule has 176 valence electrons. The van der Waals surface area contributed by atoms with Crippen LogP contribution in [-0.2, 0) is 0 Å². The van der Waals surface area contributed by atoms with Crippen LogP contribution in [0.25, 0.3) is 0 Å². The minimum atomic E-state index is -0.0529. The molecule has 0 radical (unpaired) electrons. The van der Waals surface area contributed by atoms with E-state index in [9.17, 15) is 4.79 Å². The second kappa shape index (κ2) is 10.2. The maximum atomic E-state index is 13.5. The van der Waals surface area contributed by atoms with Crippen molar-refractivity contribution >= 4 is 11.9 Å². The smallest absolute Gasteiger partial charge is 0.272 e. The fourth-order valence-corrected chi connectivity index (χ4v) is 4.74. The van der Waals surface area contributed by atoms with E-state index in [-0.39, 0.29) is 11.8 Å². The molecule has 0 saturated carbocycles. The van der Waals surface area contributed by atoms with Gasteiger partial charge in [0.15, 0.2) is 0 Å². The number of benzene rings is 1. The van der Waals surface area contributed by atoms with Crippen LogP contribution in [0, 0.1) is 6.92 Å². The molecule has 4 heterocycles. The molecule has 2 aromatic heterocycles. The van der Waals surface area contributed by atoms with Gasteiger partial charge in [0.05, 0.1) is 0 Å². The zero-order valence-electron chi connectivity index (χ0n) is 19.6. The summed E-state index contributed by atoms with van der Waals surface area (Å²) in [6.07, 6.45) is 8.66. The summed E-state index contributed by atoms with van der Waals surface area (Å²) >= 11 is 0. The highest BCUT2D eigenvalue weighted by Crippen LogP contribution is 2.33.